The molecule has 0 radical (unpaired) electrons. The van der Waals surface area contributed by atoms with E-state index in [0.717, 1.165) is 0 Å². The summed E-state index contributed by atoms with van der Waals surface area (Å²) in [6.07, 6.45) is 0. The fourth-order valence-electron chi connectivity index (χ4n) is 9.95. The average molecular weight is 733 g/mol. The molecule has 0 unspecified atom stereocenters. The van der Waals surface area contributed by atoms with Crippen molar-refractivity contribution in [1.29, 1.82) is 0 Å². The molecular formula is C58H36. The molecule has 0 aromatic heterocycles. The van der Waals surface area contributed by atoms with Crippen LogP contribution in [0.3, 0.4) is 0 Å². The maximum absolute atomic E-state index is 2.55. The molecule has 0 amide bonds. The predicted molar refractivity (Wildman–Crippen MR) is 251 cm³/mol. The van der Waals surface area contributed by atoms with E-state index < -0.39 is 0 Å². The fourth-order valence-corrected chi connectivity index (χ4v) is 9.95. The van der Waals surface area contributed by atoms with Crippen LogP contribution in [0.5, 0.6) is 0 Å². The normalized spacial score (nSPS) is 11.8. The van der Waals surface area contributed by atoms with Gasteiger partial charge in [-0.2, -0.15) is 0 Å². The minimum Gasteiger partial charge on any atom is -0.0622 e. The van der Waals surface area contributed by atoms with Gasteiger partial charge < -0.3 is 0 Å². The third-order valence-corrected chi connectivity index (χ3v) is 12.4. The first-order chi connectivity index (χ1) is 28.8. The van der Waals surface area contributed by atoms with Crippen molar-refractivity contribution in [2.24, 2.45) is 0 Å². The summed E-state index contributed by atoms with van der Waals surface area (Å²) >= 11 is 0. The smallest absolute Gasteiger partial charge is 0.00141 e. The van der Waals surface area contributed by atoms with Gasteiger partial charge in [0.15, 0.2) is 0 Å². The van der Waals surface area contributed by atoms with Crippen molar-refractivity contribution >= 4 is 75.4 Å². The maximum atomic E-state index is 2.55. The van der Waals surface area contributed by atoms with Crippen molar-refractivity contribution < 1.29 is 0 Å². The highest BCUT2D eigenvalue weighted by atomic mass is 14.3. The van der Waals surface area contributed by atoms with Crippen LogP contribution in [0.15, 0.2) is 218 Å². The highest BCUT2D eigenvalue weighted by Crippen LogP contribution is 2.52. The summed E-state index contributed by atoms with van der Waals surface area (Å²) in [7, 11) is 0. The molecule has 0 saturated heterocycles. The molecule has 0 aliphatic carbocycles. The third-order valence-electron chi connectivity index (χ3n) is 12.4. The van der Waals surface area contributed by atoms with Gasteiger partial charge >= 0.3 is 0 Å². The zero-order chi connectivity index (χ0) is 38.2. The molecule has 0 spiro atoms. The molecule has 0 heteroatoms. The van der Waals surface area contributed by atoms with Gasteiger partial charge in [-0.1, -0.05) is 206 Å². The molecule has 268 valence electrons. The summed E-state index contributed by atoms with van der Waals surface area (Å²) in [6.45, 7) is 0. The molecule has 0 atom stereocenters. The number of hydrogen-bond acceptors (Lipinski definition) is 0. The van der Waals surface area contributed by atoms with Gasteiger partial charge in [0, 0.05) is 0 Å². The zero-order valence-corrected chi connectivity index (χ0v) is 31.8. The Morgan fingerprint density at radius 1 is 0.172 bits per heavy atom. The van der Waals surface area contributed by atoms with E-state index >= 15 is 0 Å². The van der Waals surface area contributed by atoms with E-state index in [4.69, 9.17) is 0 Å². The van der Waals surface area contributed by atoms with Crippen molar-refractivity contribution in [2.75, 3.05) is 0 Å². The van der Waals surface area contributed by atoms with Gasteiger partial charge in [-0.25, -0.2) is 0 Å². The molecule has 0 fully saturated rings. The summed E-state index contributed by atoms with van der Waals surface area (Å²) in [5.41, 5.74) is 10.0. The lowest BCUT2D eigenvalue weighted by atomic mass is 9.79. The van der Waals surface area contributed by atoms with Crippen LogP contribution in [0.25, 0.3) is 120 Å². The van der Waals surface area contributed by atoms with Crippen molar-refractivity contribution in [3.05, 3.63) is 218 Å². The first kappa shape index (κ1) is 32.7. The number of rotatable bonds is 4. The first-order valence-corrected chi connectivity index (χ1v) is 20.2. The van der Waals surface area contributed by atoms with E-state index in [1.165, 1.54) is 120 Å². The van der Waals surface area contributed by atoms with Gasteiger partial charge in [-0.3, -0.25) is 0 Å². The van der Waals surface area contributed by atoms with Crippen molar-refractivity contribution in [3.8, 4) is 44.5 Å². The van der Waals surface area contributed by atoms with E-state index in [2.05, 4.69) is 218 Å². The van der Waals surface area contributed by atoms with Gasteiger partial charge in [-0.15, -0.1) is 0 Å². The van der Waals surface area contributed by atoms with Gasteiger partial charge in [0.25, 0.3) is 0 Å². The molecule has 58 heavy (non-hydrogen) atoms. The van der Waals surface area contributed by atoms with Gasteiger partial charge in [0.1, 0.15) is 0 Å². The molecule has 0 aliphatic heterocycles. The van der Waals surface area contributed by atoms with E-state index in [0.29, 0.717) is 0 Å². The third kappa shape index (κ3) is 4.89. The van der Waals surface area contributed by atoms with Gasteiger partial charge in [-0.05, 0) is 132 Å². The predicted octanol–water partition coefficient (Wildman–Crippen LogP) is 16.4. The van der Waals surface area contributed by atoms with Crippen LogP contribution < -0.4 is 0 Å². The van der Waals surface area contributed by atoms with Crippen LogP contribution in [-0.2, 0) is 0 Å². The number of hydrogen-bond donors (Lipinski definition) is 0. The molecule has 0 aliphatic rings. The van der Waals surface area contributed by atoms with Crippen LogP contribution in [0.2, 0.25) is 0 Å². The summed E-state index contributed by atoms with van der Waals surface area (Å²) in [5.74, 6) is 0. The zero-order valence-electron chi connectivity index (χ0n) is 31.8. The fraction of sp³-hybridized carbons (Fsp3) is 0. The molecular weight excluding hydrogens is 697 g/mol. The van der Waals surface area contributed by atoms with Crippen LogP contribution in [0.4, 0.5) is 0 Å². The van der Waals surface area contributed by atoms with E-state index in [9.17, 15) is 0 Å². The number of benzene rings is 12. The maximum Gasteiger partial charge on any atom is -0.00141 e. The van der Waals surface area contributed by atoms with Crippen LogP contribution in [-0.4, -0.2) is 0 Å². The van der Waals surface area contributed by atoms with E-state index in [-0.39, 0.29) is 0 Å². The second-order valence-electron chi connectivity index (χ2n) is 15.5. The lowest BCUT2D eigenvalue weighted by molar-refractivity contribution is 1.65. The number of fused-ring (bicyclic) bond motifs is 8. The van der Waals surface area contributed by atoms with Gasteiger partial charge in [0.05, 0.1) is 0 Å². The highest BCUT2D eigenvalue weighted by molar-refractivity contribution is 6.31. The molecule has 0 saturated carbocycles. The largest absolute Gasteiger partial charge is 0.0622 e. The monoisotopic (exact) mass is 732 g/mol. The Balaban J connectivity index is 1.36. The van der Waals surface area contributed by atoms with E-state index in [1.807, 2.05) is 0 Å². The minimum absolute atomic E-state index is 1.21. The van der Waals surface area contributed by atoms with Crippen molar-refractivity contribution in [1.82, 2.24) is 0 Å². The Bertz CT molecular complexity index is 3590. The molecule has 0 heterocycles. The lowest BCUT2D eigenvalue weighted by Crippen LogP contribution is -1.96. The molecule has 0 bridgehead atoms. The molecule has 0 nitrogen and oxygen atoms in total. The standard InChI is InChI=1S/C58H36/c1-2-20-40(21-3-1)55-52-36-54-53(35-51(52)44-28-10-11-29-48(44)58(55)47-34-16-24-39-19-6-9-27-43(39)47)56(45-32-14-22-37-17-4-7-25-41(37)45)49-30-12-13-31-50(49)57(54)46-33-15-23-38-18-5-8-26-42(38)46/h1-36H. The quantitative estimate of drug-likeness (QED) is 0.125. The van der Waals surface area contributed by atoms with E-state index in [1.54, 1.807) is 0 Å². The molecule has 12 aromatic rings. The Labute approximate surface area is 336 Å². The summed E-state index contributed by atoms with van der Waals surface area (Å²) in [6, 6.07) is 81.1. The Hall–Kier alpha value is -7.54. The Morgan fingerprint density at radius 3 is 0.983 bits per heavy atom. The van der Waals surface area contributed by atoms with Crippen LogP contribution in [0, 0.1) is 0 Å². The molecule has 12 rings (SSSR count). The van der Waals surface area contributed by atoms with Crippen molar-refractivity contribution in [3.63, 3.8) is 0 Å². The summed E-state index contributed by atoms with van der Waals surface area (Å²) in [4.78, 5) is 0. The summed E-state index contributed by atoms with van der Waals surface area (Å²) < 4.78 is 0. The second-order valence-corrected chi connectivity index (χ2v) is 15.5. The SMILES string of the molecule is c1ccc(-c2c(-c3cccc4ccccc34)c3ccccc3c3cc4c(-c5cccc6ccccc56)c5ccccc5c(-c5cccc6ccccc56)c4cc23)cc1. The van der Waals surface area contributed by atoms with Crippen molar-refractivity contribution in [2.45, 2.75) is 0 Å². The highest BCUT2D eigenvalue weighted by Gasteiger charge is 2.24. The van der Waals surface area contributed by atoms with Crippen LogP contribution >= 0.6 is 0 Å². The van der Waals surface area contributed by atoms with Crippen LogP contribution in [0.1, 0.15) is 0 Å². The molecule has 0 N–H and O–H groups in total. The summed E-state index contributed by atoms with van der Waals surface area (Å²) in [5, 5.41) is 17.5. The van der Waals surface area contributed by atoms with Gasteiger partial charge in [0.2, 0.25) is 0 Å². The Kier molecular flexibility index (Phi) is 7.33. The first-order valence-electron chi connectivity index (χ1n) is 20.2. The minimum atomic E-state index is 1.21. The second kappa shape index (κ2) is 13.0. The topological polar surface area (TPSA) is 0 Å². The lowest BCUT2D eigenvalue weighted by Gasteiger charge is -2.23. The Morgan fingerprint density at radius 2 is 0.500 bits per heavy atom. The molecule has 12 aromatic carbocycles. The average Bonchev–Trinajstić information content (AvgIpc) is 3.29.